The third-order valence-electron chi connectivity index (χ3n) is 5.88. The number of nitrogens with zero attached hydrogens (tertiary/aromatic N) is 3. The topological polar surface area (TPSA) is 49.6 Å². The zero-order valence-corrected chi connectivity index (χ0v) is 17.3. The van der Waals surface area contributed by atoms with Gasteiger partial charge < -0.3 is 9.32 Å². The van der Waals surface area contributed by atoms with Gasteiger partial charge in [-0.05, 0) is 43.4 Å². The van der Waals surface area contributed by atoms with Crippen LogP contribution in [0.15, 0.2) is 41.0 Å². The number of rotatable bonds is 4. The summed E-state index contributed by atoms with van der Waals surface area (Å²) in [5.41, 5.74) is 1.87. The fraction of sp³-hybridized carbons (Fsp3) is 0.565. The standard InChI is InChI=1S/C23H31N3O2/c1-22(2,3)16-26-12-7-10-23(21(26)27)11-13-25(17-23)14-19-15-28-20(24-19)18-8-5-4-6-9-18/h4-6,8-9,15H,7,10-14,16-17H2,1-3H3/t23-/m0/s1. The van der Waals surface area contributed by atoms with Crippen LogP contribution in [0, 0.1) is 10.8 Å². The Morgan fingerprint density at radius 2 is 1.93 bits per heavy atom. The summed E-state index contributed by atoms with van der Waals surface area (Å²) in [5, 5.41) is 0. The van der Waals surface area contributed by atoms with Crippen LogP contribution in [0.1, 0.15) is 45.7 Å². The first kappa shape index (κ1) is 19.2. The number of carbonyl (C=O) groups is 1. The van der Waals surface area contributed by atoms with E-state index in [-0.39, 0.29) is 10.8 Å². The van der Waals surface area contributed by atoms with E-state index in [1.807, 2.05) is 30.3 Å². The van der Waals surface area contributed by atoms with Gasteiger partial charge in [-0.1, -0.05) is 39.0 Å². The summed E-state index contributed by atoms with van der Waals surface area (Å²) in [6, 6.07) is 9.97. The number of hydrogen-bond donors (Lipinski definition) is 0. The monoisotopic (exact) mass is 381 g/mol. The second-order valence-electron chi connectivity index (χ2n) is 9.64. The molecule has 1 spiro atoms. The molecule has 0 saturated carbocycles. The molecule has 0 N–H and O–H groups in total. The zero-order valence-electron chi connectivity index (χ0n) is 17.3. The molecule has 5 heteroatoms. The summed E-state index contributed by atoms with van der Waals surface area (Å²) < 4.78 is 5.68. The van der Waals surface area contributed by atoms with E-state index in [0.717, 1.165) is 63.2 Å². The van der Waals surface area contributed by atoms with E-state index in [0.29, 0.717) is 11.8 Å². The predicted molar refractivity (Wildman–Crippen MR) is 110 cm³/mol. The van der Waals surface area contributed by atoms with E-state index in [4.69, 9.17) is 4.42 Å². The highest BCUT2D eigenvalue weighted by Crippen LogP contribution is 2.41. The number of hydrogen-bond acceptors (Lipinski definition) is 4. The highest BCUT2D eigenvalue weighted by atomic mass is 16.3. The van der Waals surface area contributed by atoms with Crippen LogP contribution in [-0.2, 0) is 11.3 Å². The average molecular weight is 382 g/mol. The maximum Gasteiger partial charge on any atom is 0.230 e. The Kier molecular flexibility index (Phi) is 5.04. The molecule has 5 nitrogen and oxygen atoms in total. The summed E-state index contributed by atoms with van der Waals surface area (Å²) in [6.45, 7) is 10.9. The van der Waals surface area contributed by atoms with Gasteiger partial charge in [-0.3, -0.25) is 9.69 Å². The maximum atomic E-state index is 13.3. The van der Waals surface area contributed by atoms with Gasteiger partial charge in [0.25, 0.3) is 0 Å². The van der Waals surface area contributed by atoms with E-state index in [1.165, 1.54) is 0 Å². The van der Waals surface area contributed by atoms with Crippen molar-refractivity contribution in [3.63, 3.8) is 0 Å². The maximum absolute atomic E-state index is 13.3. The lowest BCUT2D eigenvalue weighted by molar-refractivity contribution is -0.147. The fourth-order valence-electron chi connectivity index (χ4n) is 4.67. The molecule has 0 radical (unpaired) electrons. The van der Waals surface area contributed by atoms with Crippen LogP contribution in [0.5, 0.6) is 0 Å². The van der Waals surface area contributed by atoms with E-state index >= 15 is 0 Å². The molecule has 2 fully saturated rings. The smallest absolute Gasteiger partial charge is 0.230 e. The van der Waals surface area contributed by atoms with Gasteiger partial charge >= 0.3 is 0 Å². The van der Waals surface area contributed by atoms with Crippen molar-refractivity contribution in [1.29, 1.82) is 0 Å². The number of likely N-dealkylation sites (tertiary alicyclic amines) is 2. The largest absolute Gasteiger partial charge is 0.444 e. The minimum absolute atomic E-state index is 0.140. The van der Waals surface area contributed by atoms with E-state index in [2.05, 4.69) is 35.6 Å². The molecule has 1 aromatic heterocycles. The van der Waals surface area contributed by atoms with Gasteiger partial charge in [-0.15, -0.1) is 0 Å². The molecule has 1 amide bonds. The van der Waals surface area contributed by atoms with Crippen molar-refractivity contribution >= 4 is 5.91 Å². The predicted octanol–water partition coefficient (Wildman–Crippen LogP) is 4.20. The van der Waals surface area contributed by atoms with Crippen LogP contribution in [0.2, 0.25) is 0 Å². The van der Waals surface area contributed by atoms with Crippen molar-refractivity contribution in [3.8, 4) is 11.5 Å². The van der Waals surface area contributed by atoms with Gasteiger partial charge in [-0.25, -0.2) is 4.98 Å². The molecule has 4 rings (SSSR count). The molecule has 0 bridgehead atoms. The number of aromatic nitrogens is 1. The lowest BCUT2D eigenvalue weighted by atomic mass is 9.77. The van der Waals surface area contributed by atoms with Crippen LogP contribution < -0.4 is 0 Å². The molecular formula is C23H31N3O2. The lowest BCUT2D eigenvalue weighted by Gasteiger charge is -2.42. The third-order valence-corrected chi connectivity index (χ3v) is 5.88. The number of amides is 1. The first-order valence-electron chi connectivity index (χ1n) is 10.4. The Labute approximate surface area is 167 Å². The van der Waals surface area contributed by atoms with Crippen LogP contribution >= 0.6 is 0 Å². The van der Waals surface area contributed by atoms with E-state index in [9.17, 15) is 4.79 Å². The molecule has 1 atom stereocenters. The van der Waals surface area contributed by atoms with Gasteiger partial charge in [0.1, 0.15) is 6.26 Å². The Morgan fingerprint density at radius 3 is 2.68 bits per heavy atom. The number of piperidine rings is 1. The van der Waals surface area contributed by atoms with Crippen molar-refractivity contribution in [2.24, 2.45) is 10.8 Å². The van der Waals surface area contributed by atoms with Crippen LogP contribution in [0.4, 0.5) is 0 Å². The highest BCUT2D eigenvalue weighted by Gasteiger charge is 2.48. The Hall–Kier alpha value is -2.14. The summed E-state index contributed by atoms with van der Waals surface area (Å²) >= 11 is 0. The number of oxazole rings is 1. The van der Waals surface area contributed by atoms with Crippen LogP contribution in [0.25, 0.3) is 11.5 Å². The molecule has 1 aromatic carbocycles. The normalized spacial score (nSPS) is 23.7. The quantitative estimate of drug-likeness (QED) is 0.796. The van der Waals surface area contributed by atoms with E-state index in [1.54, 1.807) is 6.26 Å². The summed E-state index contributed by atoms with van der Waals surface area (Å²) in [5.74, 6) is 1.02. The van der Waals surface area contributed by atoms with Crippen molar-refractivity contribution < 1.29 is 9.21 Å². The molecule has 3 heterocycles. The number of benzene rings is 1. The summed E-state index contributed by atoms with van der Waals surface area (Å²) in [6.07, 6.45) is 4.83. The molecule has 2 saturated heterocycles. The molecular weight excluding hydrogens is 350 g/mol. The summed E-state index contributed by atoms with van der Waals surface area (Å²) in [4.78, 5) is 22.4. The average Bonchev–Trinajstić information content (AvgIpc) is 3.27. The molecule has 0 aliphatic carbocycles. The second-order valence-corrected chi connectivity index (χ2v) is 9.64. The molecule has 150 valence electrons. The SMILES string of the molecule is CC(C)(C)CN1CCC[C@@]2(CCN(Cc3coc(-c4ccccc4)n3)C2)C1=O. The zero-order chi connectivity index (χ0) is 19.8. The summed E-state index contributed by atoms with van der Waals surface area (Å²) in [7, 11) is 0. The highest BCUT2D eigenvalue weighted by molar-refractivity contribution is 5.84. The van der Waals surface area contributed by atoms with Crippen molar-refractivity contribution in [3.05, 3.63) is 42.3 Å². The van der Waals surface area contributed by atoms with Gasteiger partial charge in [-0.2, -0.15) is 0 Å². The van der Waals surface area contributed by atoms with Crippen molar-refractivity contribution in [2.45, 2.75) is 46.6 Å². The molecule has 0 unspecified atom stereocenters. The first-order valence-corrected chi connectivity index (χ1v) is 10.4. The van der Waals surface area contributed by atoms with Crippen LogP contribution in [-0.4, -0.2) is 46.9 Å². The minimum atomic E-state index is -0.199. The Morgan fingerprint density at radius 1 is 1.14 bits per heavy atom. The van der Waals surface area contributed by atoms with Gasteiger partial charge in [0, 0.05) is 31.7 Å². The van der Waals surface area contributed by atoms with Gasteiger partial charge in [0.15, 0.2) is 0 Å². The molecule has 2 aliphatic rings. The van der Waals surface area contributed by atoms with Crippen LogP contribution in [0.3, 0.4) is 0 Å². The van der Waals surface area contributed by atoms with Gasteiger partial charge in [0.05, 0.1) is 11.1 Å². The first-order chi connectivity index (χ1) is 13.3. The van der Waals surface area contributed by atoms with E-state index < -0.39 is 0 Å². The Bertz CT molecular complexity index is 824. The molecule has 2 aromatic rings. The van der Waals surface area contributed by atoms with Crippen molar-refractivity contribution in [2.75, 3.05) is 26.2 Å². The Balaban J connectivity index is 1.41. The molecule has 28 heavy (non-hydrogen) atoms. The third kappa shape index (κ3) is 4.00. The van der Waals surface area contributed by atoms with Crippen molar-refractivity contribution in [1.82, 2.24) is 14.8 Å². The lowest BCUT2D eigenvalue weighted by Crippen LogP contribution is -2.52. The minimum Gasteiger partial charge on any atom is -0.444 e. The second kappa shape index (κ2) is 7.36. The molecule has 2 aliphatic heterocycles. The van der Waals surface area contributed by atoms with Gasteiger partial charge in [0.2, 0.25) is 11.8 Å². The fourth-order valence-corrected chi connectivity index (χ4v) is 4.67. The number of carbonyl (C=O) groups excluding carboxylic acids is 1.